The largest absolute Gasteiger partial charge is 0.494 e. The third-order valence-electron chi connectivity index (χ3n) is 5.33. The second-order valence-corrected chi connectivity index (χ2v) is 8.60. The summed E-state index contributed by atoms with van der Waals surface area (Å²) in [6, 6.07) is 7.57. The quantitative estimate of drug-likeness (QED) is 0.334. The van der Waals surface area contributed by atoms with Crippen LogP contribution in [0.3, 0.4) is 0 Å². The Kier molecular flexibility index (Phi) is 6.78. The van der Waals surface area contributed by atoms with Gasteiger partial charge in [0.25, 0.3) is 0 Å². The van der Waals surface area contributed by atoms with Gasteiger partial charge in [-0.3, -0.25) is 9.48 Å². The van der Waals surface area contributed by atoms with Gasteiger partial charge in [-0.05, 0) is 36.1 Å². The third kappa shape index (κ3) is 4.58. The van der Waals surface area contributed by atoms with Crippen molar-refractivity contribution in [1.29, 1.82) is 0 Å². The Morgan fingerprint density at radius 3 is 2.88 bits per heavy atom. The summed E-state index contributed by atoms with van der Waals surface area (Å²) < 4.78 is 8.57. The van der Waals surface area contributed by atoms with Crippen LogP contribution in [0.25, 0.3) is 21.6 Å². The van der Waals surface area contributed by atoms with E-state index in [-0.39, 0.29) is 5.91 Å². The van der Waals surface area contributed by atoms with E-state index in [2.05, 4.69) is 44.1 Å². The summed E-state index contributed by atoms with van der Waals surface area (Å²) in [5.41, 5.74) is 4.66. The fourth-order valence-corrected chi connectivity index (χ4v) is 4.62. The number of hydrogen-bond acceptors (Lipinski definition) is 8. The maximum Gasteiger partial charge on any atom is 0.247 e. The summed E-state index contributed by atoms with van der Waals surface area (Å²) in [4.78, 5) is 23.2. The minimum atomic E-state index is -0.296. The second-order valence-electron chi connectivity index (χ2n) is 7.68. The zero-order valence-electron chi connectivity index (χ0n) is 19.6. The number of hydrogen-bond donors (Lipinski definition) is 2. The van der Waals surface area contributed by atoms with Crippen molar-refractivity contribution < 1.29 is 9.53 Å². The predicted octanol–water partition coefficient (Wildman–Crippen LogP) is 4.81. The number of ether oxygens (including phenoxy) is 1. The Hall–Kier alpha value is -3.92. The van der Waals surface area contributed by atoms with Crippen LogP contribution in [0.1, 0.15) is 13.3 Å². The first-order chi connectivity index (χ1) is 16.4. The van der Waals surface area contributed by atoms with Crippen molar-refractivity contribution in [3.05, 3.63) is 48.5 Å². The van der Waals surface area contributed by atoms with Crippen LogP contribution in [-0.4, -0.2) is 46.4 Å². The van der Waals surface area contributed by atoms with Crippen molar-refractivity contribution in [1.82, 2.24) is 19.7 Å². The molecule has 34 heavy (non-hydrogen) atoms. The van der Waals surface area contributed by atoms with Gasteiger partial charge in [-0.2, -0.15) is 5.10 Å². The number of amides is 1. The minimum Gasteiger partial charge on any atom is -0.494 e. The second kappa shape index (κ2) is 9.92. The Bertz CT molecular complexity index is 1340. The standard InChI is InChI=1S/C24H27N7O2S/c1-6-11-30(3)19-14-20(33-5)17(13-16(19)26-21(32)7-2)28-24-25-10-8-15(27-24)22-23-18(9-12-34-23)31(4)29-22/h7-10,12-14H,2,6,11H2,1,3-5H3,(H,26,32)(H,25,27,28). The lowest BCUT2D eigenvalue weighted by Gasteiger charge is -2.24. The van der Waals surface area contributed by atoms with Gasteiger partial charge >= 0.3 is 0 Å². The molecule has 0 saturated carbocycles. The first-order valence-electron chi connectivity index (χ1n) is 10.8. The molecular weight excluding hydrogens is 450 g/mol. The number of fused-ring (bicyclic) bond motifs is 1. The van der Waals surface area contributed by atoms with Gasteiger partial charge in [-0.15, -0.1) is 11.3 Å². The molecule has 2 N–H and O–H groups in total. The number of aryl methyl sites for hydroxylation is 1. The van der Waals surface area contributed by atoms with Crippen LogP contribution in [0.2, 0.25) is 0 Å². The molecule has 176 valence electrons. The van der Waals surface area contributed by atoms with Crippen LogP contribution in [0, 0.1) is 0 Å². The van der Waals surface area contributed by atoms with E-state index >= 15 is 0 Å². The molecule has 0 bridgehead atoms. The summed E-state index contributed by atoms with van der Waals surface area (Å²) >= 11 is 1.63. The smallest absolute Gasteiger partial charge is 0.247 e. The molecule has 9 nitrogen and oxygen atoms in total. The van der Waals surface area contributed by atoms with Crippen LogP contribution < -0.4 is 20.3 Å². The molecule has 0 atom stereocenters. The number of thiophene rings is 1. The molecule has 0 radical (unpaired) electrons. The van der Waals surface area contributed by atoms with E-state index in [0.717, 1.165) is 34.6 Å². The molecule has 0 saturated heterocycles. The summed E-state index contributed by atoms with van der Waals surface area (Å²) in [5, 5.41) is 12.8. The van der Waals surface area contributed by atoms with Crippen molar-refractivity contribution in [2.45, 2.75) is 13.3 Å². The van der Waals surface area contributed by atoms with E-state index in [9.17, 15) is 4.79 Å². The number of aromatic nitrogens is 4. The molecule has 10 heteroatoms. The lowest BCUT2D eigenvalue weighted by molar-refractivity contribution is -0.111. The van der Waals surface area contributed by atoms with E-state index in [1.807, 2.05) is 48.4 Å². The highest BCUT2D eigenvalue weighted by molar-refractivity contribution is 7.17. The molecule has 4 rings (SSSR count). The number of carbonyl (C=O) groups is 1. The number of methoxy groups -OCH3 is 1. The summed E-state index contributed by atoms with van der Waals surface area (Å²) in [6.07, 6.45) is 3.89. The number of nitrogens with zero attached hydrogens (tertiary/aromatic N) is 5. The molecule has 0 fully saturated rings. The molecule has 0 aliphatic heterocycles. The van der Waals surface area contributed by atoms with Gasteiger partial charge in [0.2, 0.25) is 11.9 Å². The van der Waals surface area contributed by atoms with Gasteiger partial charge in [0.1, 0.15) is 11.4 Å². The minimum absolute atomic E-state index is 0.296. The third-order valence-corrected chi connectivity index (χ3v) is 6.24. The van der Waals surface area contributed by atoms with Crippen molar-refractivity contribution in [3.63, 3.8) is 0 Å². The summed E-state index contributed by atoms with van der Waals surface area (Å²) in [5.74, 6) is 0.694. The highest BCUT2D eigenvalue weighted by Gasteiger charge is 2.17. The average molecular weight is 478 g/mol. The van der Waals surface area contributed by atoms with Crippen LogP contribution in [0.15, 0.2) is 48.5 Å². The van der Waals surface area contributed by atoms with E-state index < -0.39 is 0 Å². The molecule has 0 spiro atoms. The lowest BCUT2D eigenvalue weighted by Crippen LogP contribution is -2.21. The fourth-order valence-electron chi connectivity index (χ4n) is 3.71. The Morgan fingerprint density at radius 1 is 1.32 bits per heavy atom. The number of rotatable bonds is 9. The van der Waals surface area contributed by atoms with E-state index in [1.54, 1.807) is 24.6 Å². The van der Waals surface area contributed by atoms with E-state index in [0.29, 0.717) is 28.8 Å². The van der Waals surface area contributed by atoms with E-state index in [1.165, 1.54) is 6.08 Å². The molecular formula is C24H27N7O2S. The SMILES string of the molecule is C=CC(=O)Nc1cc(Nc2nccc(-c3nn(C)c4ccsc34)n2)c(OC)cc1N(C)CCC. The first kappa shape index (κ1) is 23.2. The van der Waals surface area contributed by atoms with Gasteiger partial charge in [0, 0.05) is 32.9 Å². The van der Waals surface area contributed by atoms with Crippen LogP contribution in [0.5, 0.6) is 5.75 Å². The number of benzene rings is 1. The lowest BCUT2D eigenvalue weighted by atomic mass is 10.2. The van der Waals surface area contributed by atoms with Crippen molar-refractivity contribution >= 4 is 50.5 Å². The van der Waals surface area contributed by atoms with Crippen molar-refractivity contribution in [2.24, 2.45) is 7.05 Å². The highest BCUT2D eigenvalue weighted by atomic mass is 32.1. The van der Waals surface area contributed by atoms with Gasteiger partial charge in [0.05, 0.1) is 40.1 Å². The highest BCUT2D eigenvalue weighted by Crippen LogP contribution is 2.38. The van der Waals surface area contributed by atoms with Crippen LogP contribution >= 0.6 is 11.3 Å². The van der Waals surface area contributed by atoms with Gasteiger partial charge in [0.15, 0.2) is 0 Å². The maximum absolute atomic E-state index is 12.1. The molecule has 1 aromatic carbocycles. The fraction of sp³-hybridized carbons (Fsp3) is 0.250. The van der Waals surface area contributed by atoms with Gasteiger partial charge < -0.3 is 20.3 Å². The maximum atomic E-state index is 12.1. The zero-order valence-corrected chi connectivity index (χ0v) is 20.4. The zero-order chi connectivity index (χ0) is 24.2. The Balaban J connectivity index is 1.72. The molecule has 0 aliphatic carbocycles. The molecule has 3 aromatic heterocycles. The summed E-state index contributed by atoms with van der Waals surface area (Å²) in [6.45, 7) is 6.47. The molecule has 1 amide bonds. The number of carbonyl (C=O) groups excluding carboxylic acids is 1. The molecule has 0 aliphatic rings. The van der Waals surface area contributed by atoms with Crippen molar-refractivity contribution in [3.8, 4) is 17.1 Å². The predicted molar refractivity (Wildman–Crippen MR) is 138 cm³/mol. The Morgan fingerprint density at radius 2 is 2.15 bits per heavy atom. The monoisotopic (exact) mass is 477 g/mol. The Labute approximate surface area is 202 Å². The van der Waals surface area contributed by atoms with E-state index in [4.69, 9.17) is 4.74 Å². The van der Waals surface area contributed by atoms with Crippen LogP contribution in [-0.2, 0) is 11.8 Å². The average Bonchev–Trinajstić information content (AvgIpc) is 3.43. The van der Waals surface area contributed by atoms with Gasteiger partial charge in [-0.1, -0.05) is 13.5 Å². The summed E-state index contributed by atoms with van der Waals surface area (Å²) in [7, 11) is 5.49. The first-order valence-corrected chi connectivity index (χ1v) is 11.7. The number of anilines is 4. The van der Waals surface area contributed by atoms with Crippen LogP contribution in [0.4, 0.5) is 23.0 Å². The normalized spacial score (nSPS) is 10.8. The van der Waals surface area contributed by atoms with Crippen molar-refractivity contribution in [2.75, 3.05) is 36.2 Å². The number of nitrogens with one attached hydrogen (secondary N) is 2. The van der Waals surface area contributed by atoms with Gasteiger partial charge in [-0.25, -0.2) is 9.97 Å². The molecule has 3 heterocycles. The topological polar surface area (TPSA) is 97.2 Å². The molecule has 4 aromatic rings. The molecule has 0 unspecified atom stereocenters.